The van der Waals surface area contributed by atoms with Gasteiger partial charge < -0.3 is 15.1 Å². The zero-order valence-electron chi connectivity index (χ0n) is 17.4. The van der Waals surface area contributed by atoms with E-state index in [0.717, 1.165) is 13.0 Å². The molecule has 0 bridgehead atoms. The Morgan fingerprint density at radius 2 is 2.04 bits per heavy atom. The molecule has 0 aliphatic carbocycles. The predicted molar refractivity (Wildman–Crippen MR) is 113 cm³/mol. The lowest BCUT2D eigenvalue weighted by molar-refractivity contribution is 0.0954. The summed E-state index contributed by atoms with van der Waals surface area (Å²) in [5.74, 6) is 2.22. The van der Waals surface area contributed by atoms with E-state index in [1.807, 2.05) is 13.8 Å². The Balaban J connectivity index is 2.94. The van der Waals surface area contributed by atoms with Crippen molar-refractivity contribution >= 4 is 17.6 Å². The second kappa shape index (κ2) is 12.1. The highest BCUT2D eigenvalue weighted by atomic mass is 16.3. The lowest BCUT2D eigenvalue weighted by atomic mass is 10.0. The van der Waals surface area contributed by atoms with E-state index in [-0.39, 0.29) is 5.91 Å². The van der Waals surface area contributed by atoms with Crippen LogP contribution in [0.3, 0.4) is 0 Å². The summed E-state index contributed by atoms with van der Waals surface area (Å²) in [6.45, 7) is 13.5. The van der Waals surface area contributed by atoms with Gasteiger partial charge in [-0.1, -0.05) is 40.2 Å². The van der Waals surface area contributed by atoms with Gasteiger partial charge in [0.05, 0.1) is 5.56 Å². The summed E-state index contributed by atoms with van der Waals surface area (Å²) < 4.78 is 5.86. The zero-order valence-corrected chi connectivity index (χ0v) is 17.4. The molecule has 0 aliphatic heterocycles. The van der Waals surface area contributed by atoms with Gasteiger partial charge in [0.1, 0.15) is 11.5 Å². The smallest absolute Gasteiger partial charge is 0.254 e. The molecule has 6 heteroatoms. The van der Waals surface area contributed by atoms with Crippen LogP contribution in [-0.4, -0.2) is 37.7 Å². The van der Waals surface area contributed by atoms with Crippen molar-refractivity contribution in [3.8, 4) is 0 Å². The molecular formula is C21H34N4O2. The van der Waals surface area contributed by atoms with E-state index >= 15 is 0 Å². The van der Waals surface area contributed by atoms with Crippen molar-refractivity contribution in [2.75, 3.05) is 20.1 Å². The van der Waals surface area contributed by atoms with Crippen LogP contribution in [0, 0.1) is 5.92 Å². The minimum absolute atomic E-state index is 0.139. The van der Waals surface area contributed by atoms with Gasteiger partial charge in [0.2, 0.25) is 5.96 Å². The summed E-state index contributed by atoms with van der Waals surface area (Å²) in [5, 5.41) is 6.07. The van der Waals surface area contributed by atoms with Crippen molar-refractivity contribution in [1.82, 2.24) is 10.6 Å². The first-order chi connectivity index (χ1) is 13.0. The standard InChI is InChI=1S/C21H34N4O2/c1-7-11-15(5)12-13-24-21(22-6)25-17(8-2)19-14-16(18(9-3)27-19)20(26)23-10-4/h8,14-15H,2,7,9-13H2,1,3-6H3,(H,22,24)(H,23,26)/b25-17+. The molecule has 27 heavy (non-hydrogen) atoms. The Morgan fingerprint density at radius 1 is 1.30 bits per heavy atom. The first-order valence-corrected chi connectivity index (χ1v) is 9.83. The molecular weight excluding hydrogens is 340 g/mol. The van der Waals surface area contributed by atoms with Crippen molar-refractivity contribution in [3.63, 3.8) is 0 Å². The fraction of sp³-hybridized carbons (Fsp3) is 0.571. The first-order valence-electron chi connectivity index (χ1n) is 9.83. The van der Waals surface area contributed by atoms with Crippen LogP contribution in [-0.2, 0) is 6.42 Å². The Kier molecular flexibility index (Phi) is 10.2. The van der Waals surface area contributed by atoms with E-state index in [0.29, 0.717) is 47.6 Å². The highest BCUT2D eigenvalue weighted by molar-refractivity contribution is 6.12. The second-order valence-corrected chi connectivity index (χ2v) is 6.52. The second-order valence-electron chi connectivity index (χ2n) is 6.52. The maximum atomic E-state index is 12.2. The van der Waals surface area contributed by atoms with E-state index in [1.165, 1.54) is 12.8 Å². The molecule has 1 atom stereocenters. The summed E-state index contributed by atoms with van der Waals surface area (Å²) in [7, 11) is 1.70. The highest BCUT2D eigenvalue weighted by Crippen LogP contribution is 2.18. The average molecular weight is 375 g/mol. The fourth-order valence-corrected chi connectivity index (χ4v) is 2.82. The van der Waals surface area contributed by atoms with Crippen LogP contribution in [0.5, 0.6) is 0 Å². The summed E-state index contributed by atoms with van der Waals surface area (Å²) in [5.41, 5.74) is 1.09. The molecule has 0 aromatic carbocycles. The van der Waals surface area contributed by atoms with Crippen molar-refractivity contribution in [2.45, 2.75) is 53.4 Å². The number of nitrogens with zero attached hydrogens (tertiary/aromatic N) is 2. The minimum Gasteiger partial charge on any atom is -0.459 e. The van der Waals surface area contributed by atoms with Gasteiger partial charge in [0.15, 0.2) is 5.76 Å². The van der Waals surface area contributed by atoms with E-state index < -0.39 is 0 Å². The molecule has 2 N–H and O–H groups in total. The third kappa shape index (κ3) is 7.04. The van der Waals surface area contributed by atoms with Crippen LogP contribution in [0.1, 0.15) is 68.8 Å². The summed E-state index contributed by atoms with van der Waals surface area (Å²) in [4.78, 5) is 21.0. The maximum absolute atomic E-state index is 12.2. The number of hydrogen-bond acceptors (Lipinski definition) is 3. The monoisotopic (exact) mass is 374 g/mol. The Hall–Kier alpha value is -2.37. The van der Waals surface area contributed by atoms with E-state index in [9.17, 15) is 4.79 Å². The van der Waals surface area contributed by atoms with Crippen LogP contribution >= 0.6 is 0 Å². The molecule has 6 nitrogen and oxygen atoms in total. The predicted octanol–water partition coefficient (Wildman–Crippen LogP) is 3.97. The van der Waals surface area contributed by atoms with Crippen LogP contribution < -0.4 is 10.6 Å². The van der Waals surface area contributed by atoms with Gasteiger partial charge >= 0.3 is 0 Å². The van der Waals surface area contributed by atoms with Crippen LogP contribution in [0.15, 0.2) is 33.1 Å². The number of aliphatic imine (C=N–C) groups is 2. The average Bonchev–Trinajstić information content (AvgIpc) is 3.09. The summed E-state index contributed by atoms with van der Waals surface area (Å²) in [6.07, 6.45) is 5.72. The minimum atomic E-state index is -0.139. The molecule has 1 unspecified atom stereocenters. The molecule has 1 heterocycles. The molecule has 0 saturated carbocycles. The topological polar surface area (TPSA) is 79.0 Å². The summed E-state index contributed by atoms with van der Waals surface area (Å²) >= 11 is 0. The van der Waals surface area contributed by atoms with Crippen LogP contribution in [0.25, 0.3) is 0 Å². The lowest BCUT2D eigenvalue weighted by Crippen LogP contribution is -2.25. The van der Waals surface area contributed by atoms with Gasteiger partial charge in [-0.2, -0.15) is 0 Å². The number of nitrogens with one attached hydrogen (secondary N) is 2. The van der Waals surface area contributed by atoms with Crippen LogP contribution in [0.2, 0.25) is 0 Å². The normalized spacial score (nSPS) is 13.4. The molecule has 0 aliphatic rings. The van der Waals surface area contributed by atoms with E-state index in [1.54, 1.807) is 19.2 Å². The van der Waals surface area contributed by atoms with Gasteiger partial charge in [-0.15, -0.1) is 0 Å². The van der Waals surface area contributed by atoms with Gasteiger partial charge in [0.25, 0.3) is 5.91 Å². The van der Waals surface area contributed by atoms with E-state index in [2.05, 4.69) is 41.0 Å². The molecule has 1 aromatic rings. The van der Waals surface area contributed by atoms with Gasteiger partial charge in [-0.05, 0) is 31.4 Å². The van der Waals surface area contributed by atoms with Gasteiger partial charge in [0, 0.05) is 26.6 Å². The molecule has 150 valence electrons. The zero-order chi connectivity index (χ0) is 20.2. The number of aryl methyl sites for hydroxylation is 1. The third-order valence-corrected chi connectivity index (χ3v) is 4.30. The van der Waals surface area contributed by atoms with Crippen molar-refractivity contribution in [1.29, 1.82) is 0 Å². The number of hydrogen-bond donors (Lipinski definition) is 2. The van der Waals surface area contributed by atoms with Gasteiger partial charge in [-0.25, -0.2) is 4.99 Å². The highest BCUT2D eigenvalue weighted by Gasteiger charge is 2.18. The molecule has 0 spiro atoms. The largest absolute Gasteiger partial charge is 0.459 e. The quantitative estimate of drug-likeness (QED) is 0.480. The number of carbonyl (C=O) groups excluding carboxylic acids is 1. The number of rotatable bonds is 10. The molecule has 0 radical (unpaired) electrons. The number of furan rings is 1. The van der Waals surface area contributed by atoms with E-state index in [4.69, 9.17) is 4.42 Å². The Bertz CT molecular complexity index is 674. The first kappa shape index (κ1) is 22.7. The molecule has 1 amide bonds. The maximum Gasteiger partial charge on any atom is 0.254 e. The van der Waals surface area contributed by atoms with Crippen molar-refractivity contribution in [3.05, 3.63) is 35.8 Å². The number of guanidine groups is 1. The Labute approximate surface area is 163 Å². The molecule has 1 rings (SSSR count). The number of allylic oxidation sites excluding steroid dienone is 1. The molecule has 0 saturated heterocycles. The number of amides is 1. The SMILES string of the molecule is C=C/C(=N\C(=NC)NCCC(C)CCC)c1cc(C(=O)NCC)c(CC)o1. The lowest BCUT2D eigenvalue weighted by Gasteiger charge is -2.11. The van der Waals surface area contributed by atoms with Crippen molar-refractivity contribution in [2.24, 2.45) is 15.9 Å². The van der Waals surface area contributed by atoms with Gasteiger partial charge in [-0.3, -0.25) is 9.79 Å². The number of carbonyl (C=O) groups is 1. The third-order valence-electron chi connectivity index (χ3n) is 4.30. The van der Waals surface area contributed by atoms with Crippen LogP contribution in [0.4, 0.5) is 0 Å². The van der Waals surface area contributed by atoms with Crippen molar-refractivity contribution < 1.29 is 9.21 Å². The molecule has 1 aromatic heterocycles. The Morgan fingerprint density at radius 3 is 2.59 bits per heavy atom. The molecule has 0 fully saturated rings. The fourth-order valence-electron chi connectivity index (χ4n) is 2.82. The summed E-state index contributed by atoms with van der Waals surface area (Å²) in [6, 6.07) is 1.72.